The van der Waals surface area contributed by atoms with Gasteiger partial charge in [0.1, 0.15) is 19.0 Å². The van der Waals surface area contributed by atoms with Crippen LogP contribution in [0.4, 0.5) is 30.7 Å². The number of nitrogens with one attached hydrogen (secondary N) is 2. The number of hydrogen-bond donors (Lipinski definition) is 2. The van der Waals surface area contributed by atoms with Gasteiger partial charge in [0, 0.05) is 18.9 Å². The second-order valence-corrected chi connectivity index (χ2v) is 12.4. The molecular weight excluding hydrogens is 595 g/mol. The molecule has 2 N–H and O–H groups in total. The molecule has 204 valence electrons. The largest absolute Gasteiger partial charge is 0.417 e. The lowest BCUT2D eigenvalue weighted by Gasteiger charge is -2.21. The SMILES string of the molecule is C[C@@H](NC(=O)c1ccc(/C(F)=C/C(c2cc(Cl)c(Cl)c(Cl)c2)C(F)(F)F)cc1C(F)(F)F)NP(C)(C)=O. The Kier molecular flexibility index (Phi) is 9.80. The molecule has 0 aliphatic rings. The van der Waals surface area contributed by atoms with Gasteiger partial charge in [0.25, 0.3) is 5.91 Å². The third-order valence-electron chi connectivity index (χ3n) is 4.73. The summed E-state index contributed by atoms with van der Waals surface area (Å²) in [7, 11) is -2.86. The average molecular weight is 614 g/mol. The fraction of sp³-hybridized carbons (Fsp3) is 0.318. The molecule has 2 aromatic rings. The maximum Gasteiger partial charge on any atom is 0.417 e. The standard InChI is InChI=1S/C22H19Cl3F7N2O2P/c1-10(34-37(2,3)36)33-20(35)13-5-4-11(6-15(13)22(30,31)32)18(26)9-14(21(27,28)29)12-7-16(23)19(25)17(24)8-12/h4-10,14H,1-3H3,(H,33,35)(H,34,36)/b18-9-/t10-,14?/m0/s1. The van der Waals surface area contributed by atoms with Crippen molar-refractivity contribution in [2.24, 2.45) is 0 Å². The van der Waals surface area contributed by atoms with Crippen LogP contribution in [0.3, 0.4) is 0 Å². The summed E-state index contributed by atoms with van der Waals surface area (Å²) in [6.07, 6.45) is -11.2. The number of rotatable bonds is 7. The molecule has 37 heavy (non-hydrogen) atoms. The molecule has 0 fully saturated rings. The molecular formula is C22H19Cl3F7N2O2P. The Morgan fingerprint density at radius 2 is 1.54 bits per heavy atom. The van der Waals surface area contributed by atoms with Crippen molar-refractivity contribution in [1.82, 2.24) is 10.4 Å². The van der Waals surface area contributed by atoms with E-state index in [0.29, 0.717) is 6.07 Å². The predicted molar refractivity (Wildman–Crippen MR) is 130 cm³/mol. The molecule has 0 aliphatic carbocycles. The van der Waals surface area contributed by atoms with E-state index >= 15 is 0 Å². The van der Waals surface area contributed by atoms with E-state index in [0.717, 1.165) is 18.2 Å². The molecule has 0 bridgehead atoms. The highest BCUT2D eigenvalue weighted by atomic mass is 35.5. The topological polar surface area (TPSA) is 58.2 Å². The Bertz CT molecular complexity index is 1240. The summed E-state index contributed by atoms with van der Waals surface area (Å²) in [6.45, 7) is 4.01. The minimum absolute atomic E-state index is 0.0666. The molecule has 0 aromatic heterocycles. The zero-order valence-electron chi connectivity index (χ0n) is 19.2. The monoisotopic (exact) mass is 612 g/mol. The Morgan fingerprint density at radius 1 is 1.00 bits per heavy atom. The third kappa shape index (κ3) is 8.61. The maximum absolute atomic E-state index is 14.9. The van der Waals surface area contributed by atoms with Crippen LogP contribution in [0.2, 0.25) is 15.1 Å². The van der Waals surface area contributed by atoms with E-state index < -0.39 is 65.7 Å². The number of carbonyl (C=O) groups excluding carboxylic acids is 1. The molecule has 0 aliphatic heterocycles. The molecule has 0 saturated carbocycles. The van der Waals surface area contributed by atoms with Crippen molar-refractivity contribution in [2.75, 3.05) is 13.3 Å². The summed E-state index contributed by atoms with van der Waals surface area (Å²) < 4.78 is 109. The van der Waals surface area contributed by atoms with Gasteiger partial charge in [-0.05, 0) is 42.8 Å². The van der Waals surface area contributed by atoms with E-state index in [1.807, 2.05) is 0 Å². The van der Waals surface area contributed by atoms with Crippen LogP contribution in [-0.4, -0.2) is 31.6 Å². The quantitative estimate of drug-likeness (QED) is 0.142. The molecule has 1 unspecified atom stereocenters. The molecule has 2 atom stereocenters. The summed E-state index contributed by atoms with van der Waals surface area (Å²) in [6, 6.07) is 3.20. The summed E-state index contributed by atoms with van der Waals surface area (Å²) in [5.74, 6) is -5.51. The first kappa shape index (κ1) is 31.4. The van der Waals surface area contributed by atoms with Crippen LogP contribution in [0.5, 0.6) is 0 Å². The number of alkyl halides is 6. The van der Waals surface area contributed by atoms with Gasteiger partial charge in [-0.3, -0.25) is 4.79 Å². The van der Waals surface area contributed by atoms with Gasteiger partial charge in [-0.1, -0.05) is 40.9 Å². The van der Waals surface area contributed by atoms with Crippen molar-refractivity contribution in [3.63, 3.8) is 0 Å². The van der Waals surface area contributed by atoms with Crippen molar-refractivity contribution in [2.45, 2.75) is 31.4 Å². The first-order valence-corrected chi connectivity index (χ1v) is 13.9. The van der Waals surface area contributed by atoms with E-state index in [2.05, 4.69) is 10.4 Å². The summed E-state index contributed by atoms with van der Waals surface area (Å²) in [5.41, 5.74) is -3.96. The highest BCUT2D eigenvalue weighted by Crippen LogP contribution is 2.43. The van der Waals surface area contributed by atoms with E-state index in [1.165, 1.54) is 20.3 Å². The first-order chi connectivity index (χ1) is 16.7. The van der Waals surface area contributed by atoms with Crippen LogP contribution in [0, 0.1) is 0 Å². The highest BCUT2D eigenvalue weighted by molar-refractivity contribution is 7.60. The molecule has 0 heterocycles. The molecule has 1 amide bonds. The number of halogens is 10. The van der Waals surface area contributed by atoms with E-state index in [4.69, 9.17) is 34.8 Å². The van der Waals surface area contributed by atoms with Crippen LogP contribution < -0.4 is 10.4 Å². The van der Waals surface area contributed by atoms with Crippen LogP contribution in [0.15, 0.2) is 36.4 Å². The number of allylic oxidation sites excluding steroid dienone is 1. The number of carbonyl (C=O) groups is 1. The lowest BCUT2D eigenvalue weighted by Crippen LogP contribution is -2.42. The molecule has 2 aromatic carbocycles. The average Bonchev–Trinajstić information content (AvgIpc) is 2.72. The Balaban J connectivity index is 2.53. The lowest BCUT2D eigenvalue weighted by molar-refractivity contribution is -0.140. The summed E-state index contributed by atoms with van der Waals surface area (Å²) in [4.78, 5) is 12.4. The Morgan fingerprint density at radius 3 is 2.00 bits per heavy atom. The minimum Gasteiger partial charge on any atom is -0.337 e. The maximum atomic E-state index is 14.9. The van der Waals surface area contributed by atoms with Gasteiger partial charge >= 0.3 is 12.4 Å². The van der Waals surface area contributed by atoms with Crippen molar-refractivity contribution in [3.05, 3.63) is 73.7 Å². The van der Waals surface area contributed by atoms with Gasteiger partial charge < -0.3 is 9.88 Å². The van der Waals surface area contributed by atoms with Crippen LogP contribution >= 0.6 is 42.1 Å². The molecule has 0 radical (unpaired) electrons. The fourth-order valence-electron chi connectivity index (χ4n) is 3.28. The Hall–Kier alpha value is -1.78. The van der Waals surface area contributed by atoms with Crippen molar-refractivity contribution in [1.29, 1.82) is 0 Å². The predicted octanol–water partition coefficient (Wildman–Crippen LogP) is 8.53. The van der Waals surface area contributed by atoms with Gasteiger partial charge in [-0.15, -0.1) is 0 Å². The fourth-order valence-corrected chi connectivity index (χ4v) is 4.89. The Labute approximate surface area is 222 Å². The van der Waals surface area contributed by atoms with Gasteiger partial charge in [0.15, 0.2) is 0 Å². The zero-order chi connectivity index (χ0) is 28.5. The van der Waals surface area contributed by atoms with Crippen molar-refractivity contribution in [3.8, 4) is 0 Å². The van der Waals surface area contributed by atoms with E-state index in [1.54, 1.807) is 0 Å². The first-order valence-electron chi connectivity index (χ1n) is 10.1. The third-order valence-corrected chi connectivity index (χ3v) is 6.93. The molecule has 15 heteroatoms. The molecule has 2 rings (SSSR count). The second-order valence-electron chi connectivity index (χ2n) is 8.27. The van der Waals surface area contributed by atoms with Crippen molar-refractivity contribution >= 4 is 53.8 Å². The molecule has 0 spiro atoms. The normalized spacial score (nSPS) is 14.9. The van der Waals surface area contributed by atoms with Gasteiger partial charge in [0.05, 0.1) is 32.4 Å². The van der Waals surface area contributed by atoms with Crippen LogP contribution in [0.1, 0.15) is 39.9 Å². The number of amides is 1. The van der Waals surface area contributed by atoms with Crippen LogP contribution in [-0.2, 0) is 10.7 Å². The zero-order valence-corrected chi connectivity index (χ0v) is 22.3. The van der Waals surface area contributed by atoms with Crippen LogP contribution in [0.25, 0.3) is 5.83 Å². The number of benzene rings is 2. The molecule has 0 saturated heterocycles. The smallest absolute Gasteiger partial charge is 0.337 e. The molecule has 4 nitrogen and oxygen atoms in total. The number of hydrogen-bond acceptors (Lipinski definition) is 2. The second kappa shape index (κ2) is 11.5. The van der Waals surface area contributed by atoms with E-state index in [-0.39, 0.29) is 27.2 Å². The van der Waals surface area contributed by atoms with Gasteiger partial charge in [0.2, 0.25) is 0 Å². The lowest BCUT2D eigenvalue weighted by atomic mass is 9.95. The minimum atomic E-state index is -5.16. The van der Waals surface area contributed by atoms with Crippen molar-refractivity contribution < 1.29 is 40.1 Å². The van der Waals surface area contributed by atoms with E-state index in [9.17, 15) is 40.1 Å². The summed E-state index contributed by atoms with van der Waals surface area (Å²) >= 11 is 17.3. The van der Waals surface area contributed by atoms with Gasteiger partial charge in [-0.2, -0.15) is 26.3 Å². The summed E-state index contributed by atoms with van der Waals surface area (Å²) in [5, 5.41) is 3.79. The van der Waals surface area contributed by atoms with Gasteiger partial charge in [-0.25, -0.2) is 9.48 Å². The highest BCUT2D eigenvalue weighted by Gasteiger charge is 2.41.